The van der Waals surface area contributed by atoms with Crippen LogP contribution in [0.1, 0.15) is 66.9 Å². The fourth-order valence-electron chi connectivity index (χ4n) is 8.08. The first-order valence-corrected chi connectivity index (χ1v) is 17.7. The highest BCUT2D eigenvalue weighted by Crippen LogP contribution is 2.47. The summed E-state index contributed by atoms with van der Waals surface area (Å²) in [4.78, 5) is 15.9. The van der Waals surface area contributed by atoms with Gasteiger partial charge in [0, 0.05) is 42.1 Å². The molecule has 2 aromatic carbocycles. The Morgan fingerprint density at radius 3 is 2.88 bits per heavy atom. The molecular weight excluding hydrogens is 572 g/mol. The summed E-state index contributed by atoms with van der Waals surface area (Å²) >= 11 is 6.42. The van der Waals surface area contributed by atoms with Crippen LogP contribution in [0.15, 0.2) is 36.4 Å². The highest BCUT2D eigenvalue weighted by atomic mass is 35.5. The Hall–Kier alpha value is -2.26. The number of fused-ring (bicyclic) bond motifs is 7. The lowest BCUT2D eigenvalue weighted by atomic mass is 9.67. The maximum Gasteiger partial charge on any atom is 0.262 e. The lowest BCUT2D eigenvalue weighted by Crippen LogP contribution is -2.51. The smallest absolute Gasteiger partial charge is 0.262 e. The van der Waals surface area contributed by atoms with Crippen molar-refractivity contribution in [3.05, 3.63) is 58.1 Å². The predicted molar refractivity (Wildman–Crippen MR) is 167 cm³/mol. The van der Waals surface area contributed by atoms with Crippen LogP contribution in [0.25, 0.3) is 0 Å². The Morgan fingerprint density at radius 1 is 1.17 bits per heavy atom. The second-order valence-electron chi connectivity index (χ2n) is 13.2. The zero-order valence-electron chi connectivity index (χ0n) is 24.3. The summed E-state index contributed by atoms with van der Waals surface area (Å²) in [5.41, 5.74) is 3.82. The van der Waals surface area contributed by atoms with Crippen molar-refractivity contribution in [2.45, 2.75) is 75.6 Å². The van der Waals surface area contributed by atoms with E-state index in [4.69, 9.17) is 25.8 Å². The number of ether oxygens (including phenoxy) is 3. The molecule has 42 heavy (non-hydrogen) atoms. The Bertz CT molecular complexity index is 1480. The molecule has 0 aromatic heterocycles. The van der Waals surface area contributed by atoms with Gasteiger partial charge in [0.05, 0.1) is 46.1 Å². The topological polar surface area (TPSA) is 77.1 Å². The average molecular weight is 613 g/mol. The fourth-order valence-corrected chi connectivity index (χ4v) is 9.65. The van der Waals surface area contributed by atoms with Crippen molar-refractivity contribution in [1.29, 1.82) is 0 Å². The molecule has 3 heterocycles. The van der Waals surface area contributed by atoms with Gasteiger partial charge in [-0.15, -0.1) is 0 Å². The van der Waals surface area contributed by atoms with E-state index >= 15 is 0 Å². The van der Waals surface area contributed by atoms with Crippen LogP contribution in [0, 0.1) is 11.8 Å². The highest BCUT2D eigenvalue weighted by Gasteiger charge is 2.45. The van der Waals surface area contributed by atoms with Crippen molar-refractivity contribution in [3.63, 3.8) is 0 Å². The molecule has 1 amide bonds. The maximum absolute atomic E-state index is 13.4. The number of carbonyl (C=O) groups excluding carboxylic acids is 1. The van der Waals surface area contributed by atoms with Gasteiger partial charge in [-0.3, -0.25) is 9.52 Å². The minimum Gasteiger partial charge on any atom is -0.490 e. The number of nitrogens with one attached hydrogen (secondary N) is 1. The molecule has 1 spiro atoms. The highest BCUT2D eigenvalue weighted by molar-refractivity contribution is 7.99. The summed E-state index contributed by atoms with van der Waals surface area (Å²) in [6.07, 6.45) is 7.03. The first-order valence-electron chi connectivity index (χ1n) is 15.4. The van der Waals surface area contributed by atoms with Gasteiger partial charge in [0.1, 0.15) is 5.75 Å². The molecule has 2 aromatic rings. The van der Waals surface area contributed by atoms with Crippen LogP contribution in [0.3, 0.4) is 0 Å². The summed E-state index contributed by atoms with van der Waals surface area (Å²) in [6, 6.07) is 11.9. The summed E-state index contributed by atoms with van der Waals surface area (Å²) in [6.45, 7) is 4.82. The monoisotopic (exact) mass is 612 g/mol. The van der Waals surface area contributed by atoms with Gasteiger partial charge in [0.2, 0.25) is 0 Å². The van der Waals surface area contributed by atoms with Gasteiger partial charge >= 0.3 is 0 Å². The zero-order valence-corrected chi connectivity index (χ0v) is 25.9. The van der Waals surface area contributed by atoms with Gasteiger partial charge in [-0.05, 0) is 105 Å². The average Bonchev–Trinajstić information content (AvgIpc) is 3.07. The number of aryl methyl sites for hydroxylation is 1. The number of nitrogens with zero attached hydrogens (tertiary/aromatic N) is 1. The van der Waals surface area contributed by atoms with Gasteiger partial charge in [0.15, 0.2) is 0 Å². The summed E-state index contributed by atoms with van der Waals surface area (Å²) in [5.74, 6) is 5.39. The number of benzene rings is 2. The summed E-state index contributed by atoms with van der Waals surface area (Å²) in [7, 11) is -2.91. The van der Waals surface area contributed by atoms with E-state index in [0.29, 0.717) is 30.6 Å². The number of rotatable bonds is 0. The van der Waals surface area contributed by atoms with E-state index in [-0.39, 0.29) is 35.4 Å². The molecule has 1 N–H and O–H groups in total. The molecule has 7 atom stereocenters. The van der Waals surface area contributed by atoms with E-state index < -0.39 is 9.71 Å². The Balaban J connectivity index is 1.29. The lowest BCUT2D eigenvalue weighted by molar-refractivity contribution is -0.126. The zero-order chi connectivity index (χ0) is 29.1. The van der Waals surface area contributed by atoms with Crippen LogP contribution in [0.4, 0.5) is 5.69 Å². The summed E-state index contributed by atoms with van der Waals surface area (Å²) < 4.78 is 35.5. The van der Waals surface area contributed by atoms with E-state index in [2.05, 4.69) is 27.6 Å². The van der Waals surface area contributed by atoms with E-state index in [1.54, 1.807) is 6.07 Å². The fraction of sp³-hybridized carbons (Fsp3) is 0.576. The van der Waals surface area contributed by atoms with Crippen molar-refractivity contribution in [2.75, 3.05) is 37.0 Å². The normalized spacial score (nSPS) is 36.5. The second-order valence-corrected chi connectivity index (χ2v) is 15.8. The van der Waals surface area contributed by atoms with Gasteiger partial charge in [-0.1, -0.05) is 17.7 Å². The van der Waals surface area contributed by atoms with Crippen LogP contribution in [0.2, 0.25) is 5.02 Å². The molecule has 9 heteroatoms. The van der Waals surface area contributed by atoms with E-state index in [0.717, 1.165) is 74.5 Å². The van der Waals surface area contributed by atoms with Gasteiger partial charge in [-0.25, -0.2) is 4.21 Å². The number of carbonyl (C=O) groups is 1. The molecule has 7 rings (SSSR count). The molecule has 3 aliphatic heterocycles. The number of halogens is 1. The number of anilines is 1. The second kappa shape index (κ2) is 11.0. The largest absolute Gasteiger partial charge is 0.490 e. The van der Waals surface area contributed by atoms with E-state index in [1.807, 2.05) is 25.1 Å². The first-order chi connectivity index (χ1) is 20.2. The molecule has 4 bridgehead atoms. The third-order valence-electron chi connectivity index (χ3n) is 10.2. The van der Waals surface area contributed by atoms with Crippen LogP contribution in [-0.2, 0) is 31.0 Å². The molecule has 1 saturated carbocycles. The summed E-state index contributed by atoms with van der Waals surface area (Å²) in [5, 5.41) is 0.771. The first kappa shape index (κ1) is 28.5. The quantitative estimate of drug-likeness (QED) is 0.414. The molecule has 1 unspecified atom stereocenters. The van der Waals surface area contributed by atoms with Crippen molar-refractivity contribution in [3.8, 4) is 5.75 Å². The molecule has 2 fully saturated rings. The maximum atomic E-state index is 13.4. The SMILES string of the molecule is C=S1(=O)C[C@@H](C)O[C@@H]2CCO[C@@H](C2)[C@@H]2CC[C@H]2CN2C[C@@]3(CCCc4cc(Cl)ccc43)COc3ccc(cc32)C(=O)N1. The minimum absolute atomic E-state index is 0.0542. The lowest BCUT2D eigenvalue weighted by Gasteiger charge is -2.48. The van der Waals surface area contributed by atoms with Crippen molar-refractivity contribution < 1.29 is 23.2 Å². The van der Waals surface area contributed by atoms with E-state index in [9.17, 15) is 9.00 Å². The van der Waals surface area contributed by atoms with Crippen molar-refractivity contribution in [2.24, 2.45) is 11.8 Å². The molecule has 7 nitrogen and oxygen atoms in total. The Kier molecular flexibility index (Phi) is 7.48. The number of hydrogen-bond acceptors (Lipinski definition) is 6. The molecular formula is C33H41ClN2O5S. The van der Waals surface area contributed by atoms with Crippen LogP contribution >= 0.6 is 11.6 Å². The molecule has 226 valence electrons. The molecule has 2 aliphatic carbocycles. The Labute approximate surface area is 254 Å². The van der Waals surface area contributed by atoms with Crippen molar-refractivity contribution >= 4 is 38.8 Å². The van der Waals surface area contributed by atoms with Gasteiger partial charge < -0.3 is 19.1 Å². The number of amides is 1. The third kappa shape index (κ3) is 5.44. The predicted octanol–water partition coefficient (Wildman–Crippen LogP) is 5.17. The van der Waals surface area contributed by atoms with Gasteiger partial charge in [0.25, 0.3) is 5.91 Å². The standard InChI is InChI=1S/C33H41ClN2O5S/c1-21-18-42(2,38)35-32(37)23-6-10-30-29(15-23)36(17-24-5-8-27(24)31-16-26(41-21)11-13-39-31)19-33(20-40-30)12-3-4-22-14-25(34)7-9-28(22)33/h6-7,9-10,14-15,21,24,26-27,31H,2-5,8,11-13,16-20H2,1H3,(H,35,37,38)/t21-,24+,26-,27-,31+,33+,42?/m1/s1. The van der Waals surface area contributed by atoms with E-state index in [1.165, 1.54) is 11.1 Å². The van der Waals surface area contributed by atoms with Crippen LogP contribution in [0.5, 0.6) is 5.75 Å². The minimum atomic E-state index is -2.91. The third-order valence-corrected chi connectivity index (χ3v) is 12.0. The molecule has 5 aliphatic rings. The van der Waals surface area contributed by atoms with Crippen LogP contribution in [-0.4, -0.2) is 66.4 Å². The van der Waals surface area contributed by atoms with Crippen LogP contribution < -0.4 is 14.4 Å². The number of hydrogen-bond donors (Lipinski definition) is 1. The van der Waals surface area contributed by atoms with Gasteiger partial charge in [-0.2, -0.15) is 0 Å². The van der Waals surface area contributed by atoms with Crippen molar-refractivity contribution in [1.82, 2.24) is 4.72 Å². The molecule has 1 saturated heterocycles. The Morgan fingerprint density at radius 2 is 2.05 bits per heavy atom. The molecule has 0 radical (unpaired) electrons.